The highest BCUT2D eigenvalue weighted by Gasteiger charge is 2.40. The number of benzene rings is 3. The fourth-order valence-electron chi connectivity index (χ4n) is 10.5. The maximum absolute atomic E-state index is 14.7. The number of unbranched alkanes of at least 4 members (excludes halogenated alkanes) is 2. The molecule has 1 fully saturated rings. The molecule has 1 aliphatic rings. The molecule has 3 aromatic rings. The molecule has 0 radical (unpaired) electrons. The summed E-state index contributed by atoms with van der Waals surface area (Å²) in [7, 11) is 0. The third kappa shape index (κ3) is 25.3. The van der Waals surface area contributed by atoms with Gasteiger partial charge in [-0.15, -0.1) is 0 Å². The highest BCUT2D eigenvalue weighted by molar-refractivity contribution is 5.98. The Kier molecular flexibility index (Phi) is 31.0. The first-order valence-electron chi connectivity index (χ1n) is 30.8. The number of aliphatic carboxylic acids is 1. The van der Waals surface area contributed by atoms with Crippen molar-refractivity contribution in [3.8, 4) is 11.5 Å². The Bertz CT molecular complexity index is 2900. The minimum absolute atomic E-state index is 0.0155. The molecule has 19 N–H and O–H groups in total. The van der Waals surface area contributed by atoms with Gasteiger partial charge in [-0.05, 0) is 162 Å². The molecule has 1 saturated heterocycles. The lowest BCUT2D eigenvalue weighted by Gasteiger charge is -2.31. The number of carboxylic acid groups (broad SMARTS) is 1. The van der Waals surface area contributed by atoms with E-state index in [4.69, 9.17) is 22.9 Å². The van der Waals surface area contributed by atoms with Gasteiger partial charge < -0.3 is 85.7 Å². The summed E-state index contributed by atoms with van der Waals surface area (Å²) >= 11 is 0. The molecule has 494 valence electrons. The van der Waals surface area contributed by atoms with Crippen molar-refractivity contribution < 1.29 is 63.3 Å². The molecule has 0 aliphatic carbocycles. The Balaban J connectivity index is 1.55. The van der Waals surface area contributed by atoms with Gasteiger partial charge >= 0.3 is 5.97 Å². The molecule has 1 heterocycles. The predicted octanol–water partition coefficient (Wildman–Crippen LogP) is -0.0469. The average molecular weight is 1260 g/mol. The zero-order valence-corrected chi connectivity index (χ0v) is 52.3. The van der Waals surface area contributed by atoms with Gasteiger partial charge in [-0.3, -0.25) is 48.1 Å². The van der Waals surface area contributed by atoms with Gasteiger partial charge in [-0.1, -0.05) is 63.2 Å². The predicted molar refractivity (Wildman–Crippen MR) is 338 cm³/mol. The molecule has 0 spiro atoms. The number of hydrogen-bond donors (Lipinski definition) is 15. The lowest BCUT2D eigenvalue weighted by Crippen LogP contribution is -2.60. The quantitative estimate of drug-likeness (QED) is 0.0203. The molecular formula is C63H94N14O13. The number of hydrogen-bond acceptors (Lipinski definition) is 15. The van der Waals surface area contributed by atoms with Crippen LogP contribution in [0.3, 0.4) is 0 Å². The van der Waals surface area contributed by atoms with Crippen molar-refractivity contribution in [2.75, 3.05) is 39.3 Å². The fourth-order valence-corrected chi connectivity index (χ4v) is 10.5. The summed E-state index contributed by atoms with van der Waals surface area (Å²) in [5, 5.41) is 51.2. The smallest absolute Gasteiger partial charge is 0.326 e. The molecule has 4 rings (SSSR count). The number of phenolic OH excluding ortho intramolecular Hbond substituents is 2. The second-order valence-corrected chi connectivity index (χ2v) is 23.3. The zero-order chi connectivity index (χ0) is 66.5. The number of guanidine groups is 1. The van der Waals surface area contributed by atoms with Crippen LogP contribution in [0.2, 0.25) is 0 Å². The van der Waals surface area contributed by atoms with Crippen molar-refractivity contribution in [2.24, 2.45) is 39.8 Å². The van der Waals surface area contributed by atoms with Gasteiger partial charge in [-0.2, -0.15) is 0 Å². The fraction of sp³-hybridized carbons (Fsp3) is 0.540. The van der Waals surface area contributed by atoms with Crippen LogP contribution in [0, 0.1) is 25.7 Å². The van der Waals surface area contributed by atoms with E-state index in [1.54, 1.807) is 61.5 Å². The van der Waals surface area contributed by atoms with Crippen molar-refractivity contribution >= 4 is 65.1 Å². The lowest BCUT2D eigenvalue weighted by atomic mass is 9.93. The zero-order valence-electron chi connectivity index (χ0n) is 52.3. The number of aliphatic imine (C=N–C) groups is 1. The van der Waals surface area contributed by atoms with Gasteiger partial charge in [-0.25, -0.2) is 4.79 Å². The number of nitrogens with two attached hydrogens (primary N) is 4. The SMILES string of the molecule is Cc1cc(O)cc(C)c1C[C@H](C)C(=O)NCC(=O)NCC(=O)N[C@@H](Cc1ccccc1)C(=O)N[C@@H](CC(C)C)C(=O)N[C@@H](CCCN=C(N)N)C(=O)N[C@@H](CCCCN)C(=O)N[C@@H](Cc1ccc(O)cc1)C(=O)N1CCC[C@H]1C(=O)N[C@@H](CCCCN)C(=O)O. The number of nitrogens with one attached hydrogen (secondary N) is 8. The van der Waals surface area contributed by atoms with Gasteiger partial charge in [0, 0.05) is 31.8 Å². The second-order valence-electron chi connectivity index (χ2n) is 23.3. The van der Waals surface area contributed by atoms with E-state index >= 15 is 0 Å². The van der Waals surface area contributed by atoms with Crippen molar-refractivity contribution in [3.63, 3.8) is 0 Å². The summed E-state index contributed by atoms with van der Waals surface area (Å²) in [6.07, 6.45) is 2.78. The van der Waals surface area contributed by atoms with Crippen LogP contribution in [0.1, 0.15) is 119 Å². The average Bonchev–Trinajstić information content (AvgIpc) is 1.66. The molecule has 3 aromatic carbocycles. The van der Waals surface area contributed by atoms with Crippen molar-refractivity contribution in [2.45, 2.75) is 167 Å². The second kappa shape index (κ2) is 37.9. The summed E-state index contributed by atoms with van der Waals surface area (Å²) in [5.41, 5.74) is 26.3. The Labute approximate surface area is 525 Å². The van der Waals surface area contributed by atoms with Gasteiger partial charge in [0.2, 0.25) is 53.2 Å². The van der Waals surface area contributed by atoms with Crippen LogP contribution in [-0.4, -0.2) is 167 Å². The van der Waals surface area contributed by atoms with Crippen LogP contribution in [0.5, 0.6) is 11.5 Å². The molecule has 0 unspecified atom stereocenters. The van der Waals surface area contributed by atoms with E-state index in [0.717, 1.165) is 16.7 Å². The Hall–Kier alpha value is -8.85. The van der Waals surface area contributed by atoms with E-state index in [0.29, 0.717) is 56.2 Å². The first-order valence-corrected chi connectivity index (χ1v) is 30.8. The monoisotopic (exact) mass is 1250 g/mol. The number of phenols is 2. The topological polar surface area (TPSA) is 447 Å². The van der Waals surface area contributed by atoms with Crippen molar-refractivity contribution in [3.05, 3.63) is 94.5 Å². The van der Waals surface area contributed by atoms with E-state index in [1.165, 1.54) is 17.0 Å². The van der Waals surface area contributed by atoms with Crippen LogP contribution in [0.4, 0.5) is 0 Å². The largest absolute Gasteiger partial charge is 0.508 e. The lowest BCUT2D eigenvalue weighted by molar-refractivity contribution is -0.145. The van der Waals surface area contributed by atoms with E-state index in [9.17, 15) is 63.3 Å². The van der Waals surface area contributed by atoms with Gasteiger partial charge in [0.1, 0.15) is 53.8 Å². The maximum Gasteiger partial charge on any atom is 0.326 e. The minimum atomic E-state index is -1.38. The van der Waals surface area contributed by atoms with Crippen LogP contribution in [0.25, 0.3) is 0 Å². The van der Waals surface area contributed by atoms with Crippen LogP contribution < -0.4 is 65.5 Å². The Morgan fingerprint density at radius 2 is 1.10 bits per heavy atom. The van der Waals surface area contributed by atoms with E-state index in [-0.39, 0.29) is 94.4 Å². The molecule has 0 aromatic heterocycles. The number of carbonyl (C=O) groups excluding carboxylic acids is 9. The van der Waals surface area contributed by atoms with Crippen molar-refractivity contribution in [1.82, 2.24) is 47.4 Å². The first-order chi connectivity index (χ1) is 42.8. The molecule has 0 bridgehead atoms. The number of rotatable bonds is 38. The third-order valence-electron chi connectivity index (χ3n) is 15.3. The molecule has 8 atom stereocenters. The van der Waals surface area contributed by atoms with Crippen LogP contribution >= 0.6 is 0 Å². The molecule has 9 amide bonds. The minimum Gasteiger partial charge on any atom is -0.508 e. The number of aromatic hydroxyl groups is 2. The highest BCUT2D eigenvalue weighted by Crippen LogP contribution is 2.25. The van der Waals surface area contributed by atoms with Gasteiger partial charge in [0.25, 0.3) is 0 Å². The number of carboxylic acids is 1. The summed E-state index contributed by atoms with van der Waals surface area (Å²) in [5.74, 6) is -8.53. The van der Waals surface area contributed by atoms with E-state index in [2.05, 4.69) is 47.5 Å². The maximum atomic E-state index is 14.7. The molecular weight excluding hydrogens is 1160 g/mol. The summed E-state index contributed by atoms with van der Waals surface area (Å²) < 4.78 is 0. The molecule has 27 heteroatoms. The first kappa shape index (κ1) is 73.6. The number of amides is 9. The molecule has 1 aliphatic heterocycles. The molecule has 27 nitrogen and oxygen atoms in total. The number of nitrogens with zero attached hydrogens (tertiary/aromatic N) is 2. The summed E-state index contributed by atoms with van der Waals surface area (Å²) in [4.78, 5) is 144. The Morgan fingerprint density at radius 1 is 0.578 bits per heavy atom. The molecule has 90 heavy (non-hydrogen) atoms. The number of carbonyl (C=O) groups is 10. The molecule has 0 saturated carbocycles. The van der Waals surface area contributed by atoms with Crippen LogP contribution in [-0.2, 0) is 67.2 Å². The normalized spacial score (nSPS) is 15.1. The summed E-state index contributed by atoms with van der Waals surface area (Å²) in [6.45, 7) is 8.68. The van der Waals surface area contributed by atoms with E-state index in [1.807, 2.05) is 27.7 Å². The third-order valence-corrected chi connectivity index (χ3v) is 15.3. The standard InChI is InChI=1S/C63H94N14O13/c1-37(2)29-49(75-59(86)50(33-41-15-7-6-8-16-41)71-54(81)36-69-53(80)35-70-55(82)40(5)32-45-38(3)30-44(79)31-39(45)4)58(85)73-47(19-13-27-68-63(66)67)56(83)72-46(17-9-11-25-64)57(84)76-51(34-42-21-23-43(78)24-22-42)61(88)77-28-14-20-52(77)60(87)74-48(62(89)90)18-10-12-26-65/h6-8,15-16,21-24,30-31,37,40,46-52,78-79H,9-14,17-20,25-29,32-36,64-65H2,1-5H3,(H,69,80)(H,70,82)(H,71,81)(H,72,83)(H,73,85)(H,74,87)(H,75,86)(H,76,84)(H,89,90)(H4,66,67,68)/t40-,46-,47-,48-,49-,50-,51-,52-/m0/s1. The Morgan fingerprint density at radius 3 is 1.68 bits per heavy atom. The van der Waals surface area contributed by atoms with Gasteiger partial charge in [0.15, 0.2) is 5.96 Å². The van der Waals surface area contributed by atoms with Crippen molar-refractivity contribution in [1.29, 1.82) is 0 Å². The van der Waals surface area contributed by atoms with Crippen LogP contribution in [0.15, 0.2) is 71.7 Å². The number of likely N-dealkylation sites (tertiary alicyclic amines) is 1. The number of aryl methyl sites for hydroxylation is 2. The van der Waals surface area contributed by atoms with E-state index < -0.39 is 120 Å². The highest BCUT2D eigenvalue weighted by atomic mass is 16.4. The van der Waals surface area contributed by atoms with Gasteiger partial charge in [0.05, 0.1) is 13.1 Å². The summed E-state index contributed by atoms with van der Waals surface area (Å²) in [6, 6.07) is 8.89.